The molecule has 1 aliphatic heterocycles. The lowest BCUT2D eigenvalue weighted by atomic mass is 9.92. The van der Waals surface area contributed by atoms with Crippen LogP contribution in [-0.2, 0) is 0 Å². The lowest BCUT2D eigenvalue weighted by Crippen LogP contribution is -2.45. The first-order valence-corrected chi connectivity index (χ1v) is 7.96. The van der Waals surface area contributed by atoms with E-state index >= 15 is 0 Å². The van der Waals surface area contributed by atoms with Gasteiger partial charge in [0.2, 0.25) is 0 Å². The van der Waals surface area contributed by atoms with E-state index in [9.17, 15) is 5.11 Å². The third-order valence-electron chi connectivity index (χ3n) is 4.42. The van der Waals surface area contributed by atoms with Gasteiger partial charge in [0.1, 0.15) is 5.75 Å². The van der Waals surface area contributed by atoms with Gasteiger partial charge in [-0.3, -0.25) is 4.90 Å². The average Bonchev–Trinajstić information content (AvgIpc) is 2.54. The number of phenols is 1. The minimum atomic E-state index is 0. The van der Waals surface area contributed by atoms with Gasteiger partial charge in [-0.1, -0.05) is 35.9 Å². The fraction of sp³-hybridized carbons (Fsp3) is 0.368. The van der Waals surface area contributed by atoms with Crippen molar-refractivity contribution >= 4 is 35.6 Å². The van der Waals surface area contributed by atoms with Crippen molar-refractivity contribution in [1.29, 1.82) is 0 Å². The molecule has 0 aromatic heterocycles. The minimum absolute atomic E-state index is 0. The number of hydrogen-bond donors (Lipinski definition) is 2. The van der Waals surface area contributed by atoms with Crippen LogP contribution < -0.4 is 5.32 Å². The van der Waals surface area contributed by atoms with Gasteiger partial charge in [-0.25, -0.2) is 0 Å². The van der Waals surface area contributed by atoms with Crippen LogP contribution in [0.25, 0.3) is 10.8 Å². The SMILES string of the molecule is C=C(C)C[C@H](c1c(O)ccc2ccccc12)N1CCNCC1.Cl.Cl. The summed E-state index contributed by atoms with van der Waals surface area (Å²) in [6.45, 7) is 10.2. The van der Waals surface area contributed by atoms with E-state index in [1.165, 1.54) is 5.39 Å². The molecule has 0 saturated carbocycles. The molecule has 0 aliphatic carbocycles. The number of nitrogens with one attached hydrogen (secondary N) is 1. The maximum atomic E-state index is 10.6. The number of benzene rings is 2. The Labute approximate surface area is 156 Å². The van der Waals surface area contributed by atoms with E-state index in [1.54, 1.807) is 0 Å². The van der Waals surface area contributed by atoms with Crippen molar-refractivity contribution in [3.8, 4) is 5.75 Å². The van der Waals surface area contributed by atoms with Gasteiger partial charge in [0.15, 0.2) is 0 Å². The molecule has 1 atom stereocenters. The summed E-state index contributed by atoms with van der Waals surface area (Å²) in [4.78, 5) is 2.46. The van der Waals surface area contributed by atoms with Gasteiger partial charge in [-0.05, 0) is 30.2 Å². The molecule has 132 valence electrons. The molecule has 0 spiro atoms. The van der Waals surface area contributed by atoms with Crippen molar-refractivity contribution in [3.63, 3.8) is 0 Å². The Balaban J connectivity index is 0.00000144. The summed E-state index contributed by atoms with van der Waals surface area (Å²) in [6.07, 6.45) is 0.877. The summed E-state index contributed by atoms with van der Waals surface area (Å²) >= 11 is 0. The van der Waals surface area contributed by atoms with Crippen molar-refractivity contribution in [2.75, 3.05) is 26.2 Å². The number of halogens is 2. The maximum Gasteiger partial charge on any atom is 0.121 e. The van der Waals surface area contributed by atoms with E-state index in [4.69, 9.17) is 0 Å². The second-order valence-corrected chi connectivity index (χ2v) is 6.18. The Kier molecular flexibility index (Phi) is 8.04. The molecule has 0 unspecified atom stereocenters. The van der Waals surface area contributed by atoms with Gasteiger partial charge in [0.25, 0.3) is 0 Å². The zero-order chi connectivity index (χ0) is 15.5. The van der Waals surface area contributed by atoms with Gasteiger partial charge < -0.3 is 10.4 Å². The Bertz CT molecular complexity index is 684. The van der Waals surface area contributed by atoms with E-state index in [0.717, 1.165) is 49.1 Å². The number of fused-ring (bicyclic) bond motifs is 1. The quantitative estimate of drug-likeness (QED) is 0.789. The topological polar surface area (TPSA) is 35.5 Å². The molecule has 5 heteroatoms. The number of piperazine rings is 1. The van der Waals surface area contributed by atoms with E-state index in [1.807, 2.05) is 24.3 Å². The molecular formula is C19H26Cl2N2O. The normalized spacial score (nSPS) is 16.0. The number of hydrogen-bond acceptors (Lipinski definition) is 3. The molecule has 0 radical (unpaired) electrons. The molecule has 1 heterocycles. The Hall–Kier alpha value is -1.26. The monoisotopic (exact) mass is 368 g/mol. The van der Waals surface area contributed by atoms with E-state index in [-0.39, 0.29) is 30.9 Å². The number of rotatable bonds is 4. The van der Waals surface area contributed by atoms with Crippen molar-refractivity contribution < 1.29 is 5.11 Å². The predicted molar refractivity (Wildman–Crippen MR) is 107 cm³/mol. The molecule has 0 bridgehead atoms. The molecule has 2 N–H and O–H groups in total. The van der Waals surface area contributed by atoms with Crippen molar-refractivity contribution in [1.82, 2.24) is 10.2 Å². The number of phenolic OH excluding ortho intramolecular Hbond substituents is 1. The molecule has 0 amide bonds. The lowest BCUT2D eigenvalue weighted by molar-refractivity contribution is 0.171. The molecule has 3 nitrogen and oxygen atoms in total. The highest BCUT2D eigenvalue weighted by atomic mass is 35.5. The first kappa shape index (κ1) is 20.8. The van der Waals surface area contributed by atoms with Crippen LogP contribution in [0.4, 0.5) is 0 Å². The van der Waals surface area contributed by atoms with E-state index < -0.39 is 0 Å². The second kappa shape index (κ2) is 9.28. The number of nitrogens with zero attached hydrogens (tertiary/aromatic N) is 1. The van der Waals surface area contributed by atoms with Crippen LogP contribution in [0.1, 0.15) is 24.9 Å². The zero-order valence-electron chi connectivity index (χ0n) is 14.0. The summed E-state index contributed by atoms with van der Waals surface area (Å²) in [6, 6.07) is 12.3. The van der Waals surface area contributed by atoms with Gasteiger partial charge in [-0.15, -0.1) is 31.4 Å². The highest BCUT2D eigenvalue weighted by Gasteiger charge is 2.26. The number of aromatic hydroxyl groups is 1. The maximum absolute atomic E-state index is 10.6. The molecule has 2 aromatic rings. The third-order valence-corrected chi connectivity index (χ3v) is 4.42. The fourth-order valence-corrected chi connectivity index (χ4v) is 3.37. The summed E-state index contributed by atoms with van der Waals surface area (Å²) < 4.78 is 0. The second-order valence-electron chi connectivity index (χ2n) is 6.18. The van der Waals surface area contributed by atoms with Crippen LogP contribution in [0.2, 0.25) is 0 Å². The van der Waals surface area contributed by atoms with Crippen LogP contribution in [0.15, 0.2) is 48.6 Å². The predicted octanol–water partition coefficient (Wildman–Crippen LogP) is 4.30. The highest BCUT2D eigenvalue weighted by molar-refractivity contribution is 5.88. The fourth-order valence-electron chi connectivity index (χ4n) is 3.37. The molecule has 1 fully saturated rings. The smallest absolute Gasteiger partial charge is 0.121 e. The Morgan fingerprint density at radius 2 is 1.83 bits per heavy atom. The van der Waals surface area contributed by atoms with Gasteiger partial charge in [0, 0.05) is 37.8 Å². The summed E-state index contributed by atoms with van der Waals surface area (Å²) in [5, 5.41) is 16.3. The minimum Gasteiger partial charge on any atom is -0.508 e. The molecule has 1 aliphatic rings. The van der Waals surface area contributed by atoms with Gasteiger partial charge in [0.05, 0.1) is 0 Å². The van der Waals surface area contributed by atoms with Gasteiger partial charge in [-0.2, -0.15) is 0 Å². The Morgan fingerprint density at radius 3 is 2.50 bits per heavy atom. The average molecular weight is 369 g/mol. The van der Waals surface area contributed by atoms with Crippen molar-refractivity contribution in [2.24, 2.45) is 0 Å². The zero-order valence-corrected chi connectivity index (χ0v) is 15.6. The van der Waals surface area contributed by atoms with Crippen LogP contribution >= 0.6 is 24.8 Å². The molecule has 2 aromatic carbocycles. The van der Waals surface area contributed by atoms with Crippen molar-refractivity contribution in [3.05, 3.63) is 54.1 Å². The summed E-state index contributed by atoms with van der Waals surface area (Å²) in [5.74, 6) is 0.392. The van der Waals surface area contributed by atoms with Crippen LogP contribution in [-0.4, -0.2) is 36.2 Å². The van der Waals surface area contributed by atoms with Crippen molar-refractivity contribution in [2.45, 2.75) is 19.4 Å². The lowest BCUT2D eigenvalue weighted by Gasteiger charge is -2.36. The first-order chi connectivity index (χ1) is 10.7. The standard InChI is InChI=1S/C19H24N2O.2ClH/c1-14(2)13-17(21-11-9-20-10-12-21)19-16-6-4-3-5-15(16)7-8-18(19)22;;/h3-8,17,20,22H,1,9-13H2,2H3;2*1H/t17-;;/m1../s1. The molecule has 1 saturated heterocycles. The molecule has 3 rings (SSSR count). The van der Waals surface area contributed by atoms with Crippen LogP contribution in [0.5, 0.6) is 5.75 Å². The highest BCUT2D eigenvalue weighted by Crippen LogP contribution is 2.38. The first-order valence-electron chi connectivity index (χ1n) is 7.96. The molecular weight excluding hydrogens is 343 g/mol. The van der Waals surface area contributed by atoms with E-state index in [2.05, 4.69) is 35.9 Å². The third kappa shape index (κ3) is 4.42. The Morgan fingerprint density at radius 1 is 1.17 bits per heavy atom. The largest absolute Gasteiger partial charge is 0.508 e. The van der Waals surface area contributed by atoms with Crippen LogP contribution in [0, 0.1) is 0 Å². The summed E-state index contributed by atoms with van der Waals surface area (Å²) in [7, 11) is 0. The summed E-state index contributed by atoms with van der Waals surface area (Å²) in [5.41, 5.74) is 2.19. The van der Waals surface area contributed by atoms with E-state index in [0.29, 0.717) is 5.75 Å². The van der Waals surface area contributed by atoms with Crippen LogP contribution in [0.3, 0.4) is 0 Å². The molecule has 24 heavy (non-hydrogen) atoms. The van der Waals surface area contributed by atoms with Gasteiger partial charge >= 0.3 is 0 Å².